The van der Waals surface area contributed by atoms with Crippen LogP contribution in [-0.2, 0) is 9.59 Å². The Kier molecular flexibility index (Phi) is 6.28. The molecule has 7 nitrogen and oxygen atoms in total. The van der Waals surface area contributed by atoms with Gasteiger partial charge in [-0.3, -0.25) is 19.6 Å². The van der Waals surface area contributed by atoms with E-state index in [4.69, 9.17) is 6.57 Å². The number of carbonyl (C=O) groups excluding carboxylic acids is 2. The van der Waals surface area contributed by atoms with Crippen LogP contribution in [0.1, 0.15) is 62.5 Å². The van der Waals surface area contributed by atoms with Crippen molar-refractivity contribution in [2.75, 3.05) is 0 Å². The zero-order valence-corrected chi connectivity index (χ0v) is 20.9. The van der Waals surface area contributed by atoms with E-state index in [1.165, 1.54) is 0 Å². The third kappa shape index (κ3) is 4.78. The zero-order chi connectivity index (χ0) is 24.5. The Morgan fingerprint density at radius 2 is 1.11 bits per heavy atom. The highest BCUT2D eigenvalue weighted by Crippen LogP contribution is 2.35. The number of amides is 2. The van der Waals surface area contributed by atoms with Crippen LogP contribution in [0.25, 0.3) is 4.85 Å². The largest absolute Gasteiger partial charge is 0.326 e. The maximum atomic E-state index is 12.0. The molecule has 0 radical (unpaired) electrons. The molecule has 2 N–H and O–H groups in total. The second-order valence-corrected chi connectivity index (χ2v) is 10.4. The number of hydrogen-bond acceptors (Lipinski definition) is 4. The van der Waals surface area contributed by atoms with Crippen LogP contribution in [0, 0.1) is 6.57 Å². The van der Waals surface area contributed by atoms with Gasteiger partial charge in [0, 0.05) is 15.6 Å². The van der Waals surface area contributed by atoms with Gasteiger partial charge in [-0.2, -0.15) is 0 Å². The van der Waals surface area contributed by atoms with Crippen molar-refractivity contribution < 1.29 is 9.59 Å². The predicted molar refractivity (Wildman–Crippen MR) is 139 cm³/mol. The molecule has 178 valence electrons. The van der Waals surface area contributed by atoms with Gasteiger partial charge in [-0.15, -0.1) is 0 Å². The fourth-order valence-corrected chi connectivity index (χ4v) is 5.48. The Bertz CT molecular complexity index is 1250. The summed E-state index contributed by atoms with van der Waals surface area (Å²) in [6, 6.07) is 14.7. The highest BCUT2D eigenvalue weighted by molar-refractivity contribution is 9.10. The van der Waals surface area contributed by atoms with E-state index in [-0.39, 0.29) is 23.1 Å². The van der Waals surface area contributed by atoms with Gasteiger partial charge in [0.2, 0.25) is 0 Å². The van der Waals surface area contributed by atoms with Crippen LogP contribution < -0.4 is 10.6 Å². The van der Waals surface area contributed by atoms with E-state index in [2.05, 4.69) is 41.4 Å². The van der Waals surface area contributed by atoms with E-state index in [9.17, 15) is 9.59 Å². The highest BCUT2D eigenvalue weighted by Gasteiger charge is 2.42. The monoisotopic (exact) mass is 531 g/mol. The Balaban J connectivity index is 0.000000145. The standard InChI is InChI=1S/C14H13N3O.C13H13BrN2O/c1-15-11-6-4-10(5-7-11)12-13(18)17-14(16-12)8-2-3-9-14;14-10-5-3-9(4-6-10)11-12(17)16-13(15-11)7-1-2-8-13/h4-7H,2-3,8-9H2,(H,17,18);3-6H,1-2,7-8H2,(H,16,17). The lowest BCUT2D eigenvalue weighted by atomic mass is 10.1. The molecule has 35 heavy (non-hydrogen) atoms. The molecular formula is C27H26BrN5O2. The summed E-state index contributed by atoms with van der Waals surface area (Å²) in [6.07, 6.45) is 8.35. The summed E-state index contributed by atoms with van der Waals surface area (Å²) in [7, 11) is 0. The minimum absolute atomic E-state index is 0.0331. The predicted octanol–water partition coefficient (Wildman–Crippen LogP) is 5.06. The van der Waals surface area contributed by atoms with Gasteiger partial charge in [-0.25, -0.2) is 4.85 Å². The molecule has 2 aliphatic heterocycles. The molecule has 2 aromatic carbocycles. The van der Waals surface area contributed by atoms with Crippen LogP contribution in [0.2, 0.25) is 0 Å². The van der Waals surface area contributed by atoms with Gasteiger partial charge in [-0.05, 0) is 63.5 Å². The van der Waals surface area contributed by atoms with Crippen LogP contribution in [0.3, 0.4) is 0 Å². The van der Waals surface area contributed by atoms with Crippen LogP contribution in [0.4, 0.5) is 5.69 Å². The van der Waals surface area contributed by atoms with Crippen molar-refractivity contribution in [3.8, 4) is 0 Å². The number of benzene rings is 2. The van der Waals surface area contributed by atoms with Gasteiger partial charge in [0.15, 0.2) is 5.69 Å². The Labute approximate surface area is 213 Å². The van der Waals surface area contributed by atoms with Gasteiger partial charge in [0.25, 0.3) is 11.8 Å². The average Bonchev–Trinajstić information content (AvgIpc) is 3.65. The van der Waals surface area contributed by atoms with Crippen LogP contribution in [-0.4, -0.2) is 34.6 Å². The number of halogens is 1. The lowest BCUT2D eigenvalue weighted by Gasteiger charge is -2.18. The molecule has 8 heteroatoms. The summed E-state index contributed by atoms with van der Waals surface area (Å²) in [5, 5.41) is 6.04. The van der Waals surface area contributed by atoms with Crippen molar-refractivity contribution in [2.24, 2.45) is 9.98 Å². The van der Waals surface area contributed by atoms with Gasteiger partial charge >= 0.3 is 0 Å². The van der Waals surface area contributed by atoms with Gasteiger partial charge in [-0.1, -0.05) is 52.3 Å². The summed E-state index contributed by atoms with van der Waals surface area (Å²) in [5.74, 6) is -0.123. The summed E-state index contributed by atoms with van der Waals surface area (Å²) in [4.78, 5) is 36.5. The Morgan fingerprint density at radius 3 is 1.51 bits per heavy atom. The molecule has 2 saturated carbocycles. The van der Waals surface area contributed by atoms with Crippen LogP contribution >= 0.6 is 15.9 Å². The van der Waals surface area contributed by atoms with Crippen molar-refractivity contribution in [3.05, 3.63) is 75.5 Å². The fraction of sp³-hybridized carbons (Fsp3) is 0.370. The second-order valence-electron chi connectivity index (χ2n) is 9.47. The molecule has 6 rings (SSSR count). The van der Waals surface area contributed by atoms with Crippen LogP contribution in [0.15, 0.2) is 63.0 Å². The van der Waals surface area contributed by atoms with Gasteiger partial charge < -0.3 is 10.6 Å². The summed E-state index contributed by atoms with van der Waals surface area (Å²) >= 11 is 3.39. The molecule has 0 saturated heterocycles. The first kappa shape index (κ1) is 23.4. The highest BCUT2D eigenvalue weighted by atomic mass is 79.9. The van der Waals surface area contributed by atoms with E-state index < -0.39 is 0 Å². The Hall–Kier alpha value is -3.31. The normalized spacial score (nSPS) is 21.1. The van der Waals surface area contributed by atoms with E-state index >= 15 is 0 Å². The average molecular weight is 532 g/mol. The fourth-order valence-electron chi connectivity index (χ4n) is 5.21. The molecule has 2 spiro atoms. The molecule has 0 atom stereocenters. The first-order valence-electron chi connectivity index (χ1n) is 12.0. The topological polar surface area (TPSA) is 87.3 Å². The second kappa shape index (κ2) is 9.38. The molecule has 2 aliphatic carbocycles. The lowest BCUT2D eigenvalue weighted by Crippen LogP contribution is -2.39. The smallest absolute Gasteiger partial charge is 0.272 e. The number of carbonyl (C=O) groups is 2. The Morgan fingerprint density at radius 1 is 0.714 bits per heavy atom. The van der Waals surface area contributed by atoms with E-state index in [1.54, 1.807) is 24.3 Å². The van der Waals surface area contributed by atoms with Gasteiger partial charge in [0.05, 0.1) is 6.57 Å². The summed E-state index contributed by atoms with van der Waals surface area (Å²) < 4.78 is 1.01. The zero-order valence-electron chi connectivity index (χ0n) is 19.3. The summed E-state index contributed by atoms with van der Waals surface area (Å²) in [6.45, 7) is 6.91. The molecular weight excluding hydrogens is 506 g/mol. The van der Waals surface area contributed by atoms with Crippen molar-refractivity contribution in [1.82, 2.24) is 10.6 Å². The number of hydrogen-bond donors (Lipinski definition) is 2. The van der Waals surface area contributed by atoms with E-state index in [0.717, 1.165) is 67.0 Å². The van der Waals surface area contributed by atoms with E-state index in [0.29, 0.717) is 17.1 Å². The molecule has 0 aromatic heterocycles. The molecule has 0 bridgehead atoms. The molecule has 2 aromatic rings. The molecule has 4 aliphatic rings. The van der Waals surface area contributed by atoms with Crippen molar-refractivity contribution in [2.45, 2.75) is 62.7 Å². The van der Waals surface area contributed by atoms with Crippen molar-refractivity contribution >= 4 is 44.9 Å². The maximum absolute atomic E-state index is 12.0. The molecule has 2 amide bonds. The minimum atomic E-state index is -0.342. The quantitative estimate of drug-likeness (QED) is 0.530. The van der Waals surface area contributed by atoms with Gasteiger partial charge in [0.1, 0.15) is 22.7 Å². The van der Waals surface area contributed by atoms with E-state index in [1.807, 2.05) is 24.3 Å². The number of nitrogens with one attached hydrogen (secondary N) is 2. The van der Waals surface area contributed by atoms with Crippen molar-refractivity contribution in [3.63, 3.8) is 0 Å². The third-order valence-electron chi connectivity index (χ3n) is 7.02. The molecule has 2 heterocycles. The molecule has 2 fully saturated rings. The minimum Gasteiger partial charge on any atom is -0.326 e. The first-order valence-corrected chi connectivity index (χ1v) is 12.8. The number of aliphatic imine (C=N–C) groups is 2. The number of nitrogens with zero attached hydrogens (tertiary/aromatic N) is 3. The van der Waals surface area contributed by atoms with Crippen LogP contribution in [0.5, 0.6) is 0 Å². The summed E-state index contributed by atoms with van der Waals surface area (Å²) in [5.41, 5.74) is 2.73. The SMILES string of the molecule is O=C1NC2(CCCC2)N=C1c1ccc(Br)cc1.[C-]#[N+]c1ccc(C2=NC3(CCCC3)NC2=O)cc1. The maximum Gasteiger partial charge on any atom is 0.272 e. The molecule has 0 unspecified atom stereocenters. The van der Waals surface area contributed by atoms with Crippen molar-refractivity contribution in [1.29, 1.82) is 0 Å². The number of rotatable bonds is 2. The first-order chi connectivity index (χ1) is 16.9. The third-order valence-corrected chi connectivity index (χ3v) is 7.55. The lowest BCUT2D eigenvalue weighted by molar-refractivity contribution is -0.116.